The van der Waals surface area contributed by atoms with E-state index in [9.17, 15) is 14.4 Å². The van der Waals surface area contributed by atoms with Crippen molar-refractivity contribution in [1.29, 1.82) is 0 Å². The highest BCUT2D eigenvalue weighted by Gasteiger charge is 2.41. The number of allylic oxidation sites excluding steroid dienone is 1. The van der Waals surface area contributed by atoms with Gasteiger partial charge in [-0.2, -0.15) is 0 Å². The molecule has 1 aromatic rings. The molecule has 0 aromatic carbocycles. The van der Waals surface area contributed by atoms with Crippen molar-refractivity contribution in [3.8, 4) is 0 Å². The summed E-state index contributed by atoms with van der Waals surface area (Å²) < 4.78 is 5.23. The van der Waals surface area contributed by atoms with Gasteiger partial charge in [-0.05, 0) is 70.9 Å². The summed E-state index contributed by atoms with van der Waals surface area (Å²) in [6.45, 7) is 14.5. The first kappa shape index (κ1) is 32.7. The van der Waals surface area contributed by atoms with E-state index in [-0.39, 0.29) is 11.5 Å². The summed E-state index contributed by atoms with van der Waals surface area (Å²) in [5.74, 6) is 6.86. The monoisotopic (exact) mass is 528 g/mol. The van der Waals surface area contributed by atoms with Crippen LogP contribution in [0.4, 0.5) is 10.6 Å². The Labute approximate surface area is 226 Å². The van der Waals surface area contributed by atoms with Crippen molar-refractivity contribution in [2.45, 2.75) is 79.4 Å². The zero-order chi connectivity index (χ0) is 28.9. The molecule has 1 fully saturated rings. The van der Waals surface area contributed by atoms with Crippen LogP contribution < -0.4 is 16.5 Å². The van der Waals surface area contributed by atoms with Gasteiger partial charge in [-0.1, -0.05) is 38.8 Å². The molecule has 1 aliphatic heterocycles. The number of anilines is 1. The fraction of sp³-hybridized carbons (Fsp3) is 0.536. The third kappa shape index (κ3) is 10.9. The number of nitrogens with two attached hydrogens (primary N) is 1. The number of hydrogen-bond acceptors (Lipinski definition) is 8. The summed E-state index contributed by atoms with van der Waals surface area (Å²) in [7, 11) is 1.95. The Morgan fingerprint density at radius 2 is 2.03 bits per heavy atom. The molecule has 0 aliphatic carbocycles. The maximum Gasteiger partial charge on any atom is 0.413 e. The number of ether oxygens (including phenoxy) is 1. The molecule has 0 spiro atoms. The highest BCUT2D eigenvalue weighted by molar-refractivity contribution is 5.93. The van der Waals surface area contributed by atoms with Crippen LogP contribution in [0.25, 0.3) is 6.08 Å². The Bertz CT molecular complexity index is 1030. The van der Waals surface area contributed by atoms with Crippen molar-refractivity contribution in [2.75, 3.05) is 18.9 Å². The molecule has 1 saturated heterocycles. The van der Waals surface area contributed by atoms with Gasteiger partial charge in [0.25, 0.3) is 0 Å². The lowest BCUT2D eigenvalue weighted by Gasteiger charge is -2.20. The highest BCUT2D eigenvalue weighted by atomic mass is 16.6. The van der Waals surface area contributed by atoms with Gasteiger partial charge in [0, 0.05) is 24.4 Å². The maximum atomic E-state index is 11.8. The number of likely N-dealkylation sites (N-methyl/N-ethyl adjacent to an activating group) is 1. The topological polar surface area (TPSA) is 139 Å². The number of aldehydes is 2. The van der Waals surface area contributed by atoms with Gasteiger partial charge in [-0.25, -0.2) is 20.6 Å². The smallest absolute Gasteiger partial charge is 0.413 e. The molecule has 10 nitrogen and oxygen atoms in total. The van der Waals surface area contributed by atoms with Gasteiger partial charge in [-0.3, -0.25) is 15.1 Å². The van der Waals surface area contributed by atoms with E-state index in [0.29, 0.717) is 24.4 Å². The van der Waals surface area contributed by atoms with Gasteiger partial charge < -0.3 is 14.8 Å². The lowest BCUT2D eigenvalue weighted by Crippen LogP contribution is -2.41. The van der Waals surface area contributed by atoms with Crippen molar-refractivity contribution in [1.82, 2.24) is 15.3 Å². The molecular formula is C28H44N6O4. The minimum Gasteiger partial charge on any atom is -0.444 e. The van der Waals surface area contributed by atoms with Crippen molar-refractivity contribution in [3.05, 3.63) is 41.2 Å². The number of aliphatic imine (C=N–C) groups is 1. The van der Waals surface area contributed by atoms with Gasteiger partial charge >= 0.3 is 6.09 Å². The molecule has 38 heavy (non-hydrogen) atoms. The van der Waals surface area contributed by atoms with Crippen LogP contribution in [0.1, 0.15) is 71.9 Å². The lowest BCUT2D eigenvalue weighted by atomic mass is 9.89. The molecule has 10 heteroatoms. The minimum absolute atomic E-state index is 0.243. The largest absolute Gasteiger partial charge is 0.444 e. The molecule has 1 amide bonds. The van der Waals surface area contributed by atoms with Crippen molar-refractivity contribution >= 4 is 36.4 Å². The van der Waals surface area contributed by atoms with E-state index in [2.05, 4.69) is 33.6 Å². The third-order valence-electron chi connectivity index (χ3n) is 5.56. The number of amidine groups is 1. The van der Waals surface area contributed by atoms with E-state index in [1.807, 2.05) is 54.7 Å². The molecule has 0 radical (unpaired) electrons. The average molecular weight is 529 g/mol. The standard InChI is InChI=1S/C18H29N3O2.C10H15N3O2/c1-7-8-14(11-19-6)10-15-12-20-16(9-13(15)2)21-17(22)23-18(3,4)5;1-10(2)6-8(7-15)13(11)9(10)12-4-3-5-14/h9-10,12,19H,7-8,11H2,1-6H3,(H,20,21,22);3-5,7-8H,6,11H2,1-2H3/b14-10+;4-3-,12-9?. The number of rotatable bonds is 9. The van der Waals surface area contributed by atoms with Gasteiger partial charge in [0.2, 0.25) is 0 Å². The van der Waals surface area contributed by atoms with E-state index in [4.69, 9.17) is 10.6 Å². The number of carbonyl (C=O) groups is 3. The quantitative estimate of drug-likeness (QED) is 0.243. The zero-order valence-corrected chi connectivity index (χ0v) is 24.0. The number of carbonyl (C=O) groups excluding carboxylic acids is 3. The number of nitrogens with zero attached hydrogens (tertiary/aromatic N) is 3. The Morgan fingerprint density at radius 3 is 2.53 bits per heavy atom. The third-order valence-corrected chi connectivity index (χ3v) is 5.56. The van der Waals surface area contributed by atoms with E-state index in [1.54, 1.807) is 6.20 Å². The number of hydrogen-bond donors (Lipinski definition) is 3. The summed E-state index contributed by atoms with van der Waals surface area (Å²) in [5.41, 5.74) is 2.71. The number of pyridine rings is 1. The molecular weight excluding hydrogens is 484 g/mol. The maximum absolute atomic E-state index is 11.8. The molecule has 1 atom stereocenters. The normalized spacial score (nSPS) is 18.2. The van der Waals surface area contributed by atoms with E-state index in [0.717, 1.165) is 36.8 Å². The molecule has 1 aromatic heterocycles. The molecule has 2 rings (SSSR count). The highest BCUT2D eigenvalue weighted by Crippen LogP contribution is 2.33. The second kappa shape index (κ2) is 15.1. The predicted octanol–water partition coefficient (Wildman–Crippen LogP) is 4.41. The van der Waals surface area contributed by atoms with Crippen LogP contribution in [-0.4, -0.2) is 59.7 Å². The van der Waals surface area contributed by atoms with Crippen molar-refractivity contribution < 1.29 is 19.1 Å². The summed E-state index contributed by atoms with van der Waals surface area (Å²) in [6.07, 6.45) is 10.4. The molecule has 1 unspecified atom stereocenters. The first-order valence-electron chi connectivity index (χ1n) is 12.8. The summed E-state index contributed by atoms with van der Waals surface area (Å²) in [5, 5.41) is 7.22. The second-order valence-electron chi connectivity index (χ2n) is 10.8. The minimum atomic E-state index is -0.524. The van der Waals surface area contributed by atoms with Crippen LogP contribution in [0.5, 0.6) is 0 Å². The van der Waals surface area contributed by atoms with E-state index in [1.165, 1.54) is 22.9 Å². The van der Waals surface area contributed by atoms with Gasteiger partial charge in [0.05, 0.1) is 0 Å². The molecule has 0 bridgehead atoms. The molecule has 0 saturated carbocycles. The fourth-order valence-corrected chi connectivity index (χ4v) is 3.90. The van der Waals surface area contributed by atoms with E-state index >= 15 is 0 Å². The summed E-state index contributed by atoms with van der Waals surface area (Å²) >= 11 is 0. The van der Waals surface area contributed by atoms with Crippen LogP contribution in [0.2, 0.25) is 0 Å². The van der Waals surface area contributed by atoms with Crippen molar-refractivity contribution in [3.63, 3.8) is 0 Å². The van der Waals surface area contributed by atoms with Crippen molar-refractivity contribution in [2.24, 2.45) is 16.3 Å². The number of hydrazine groups is 1. The van der Waals surface area contributed by atoms with E-state index < -0.39 is 11.7 Å². The SMILES string of the molecule is CC1(C)CC(C=O)N(N)C1=N/C=C\C=O.CCC/C(=C\c1cnc(NC(=O)OC(C)(C)C)cc1C)CNC. The number of aromatic nitrogens is 1. The second-order valence-corrected chi connectivity index (χ2v) is 10.8. The first-order chi connectivity index (χ1) is 17.8. The number of amides is 1. The Kier molecular flexibility index (Phi) is 13.0. The molecule has 2 heterocycles. The van der Waals surface area contributed by atoms with Crippen LogP contribution >= 0.6 is 0 Å². The first-order valence-corrected chi connectivity index (χ1v) is 12.8. The molecule has 4 N–H and O–H groups in total. The van der Waals surface area contributed by atoms with Crippen LogP contribution in [0, 0.1) is 12.3 Å². The summed E-state index contributed by atoms with van der Waals surface area (Å²) in [6, 6.07) is 1.53. The Hall–Kier alpha value is -3.37. The average Bonchev–Trinajstić information content (AvgIpc) is 3.03. The van der Waals surface area contributed by atoms with Gasteiger partial charge in [-0.15, -0.1) is 0 Å². The lowest BCUT2D eigenvalue weighted by molar-refractivity contribution is -0.111. The fourth-order valence-electron chi connectivity index (χ4n) is 3.90. The number of aryl methyl sites for hydroxylation is 1. The van der Waals surface area contributed by atoms with Gasteiger partial charge in [0.15, 0.2) is 0 Å². The molecule has 210 valence electrons. The summed E-state index contributed by atoms with van der Waals surface area (Å²) in [4.78, 5) is 41.0. The number of nitrogens with one attached hydrogen (secondary N) is 2. The zero-order valence-electron chi connectivity index (χ0n) is 24.0. The Balaban J connectivity index is 0.000000415. The molecule has 1 aliphatic rings. The van der Waals surface area contributed by atoms with Crippen LogP contribution in [-0.2, 0) is 14.3 Å². The van der Waals surface area contributed by atoms with Gasteiger partial charge in [0.1, 0.15) is 35.9 Å². The Morgan fingerprint density at radius 1 is 1.34 bits per heavy atom. The predicted molar refractivity (Wildman–Crippen MR) is 153 cm³/mol. The van der Waals surface area contributed by atoms with Crippen LogP contribution in [0.3, 0.4) is 0 Å². The van der Waals surface area contributed by atoms with Crippen LogP contribution in [0.15, 0.2) is 35.1 Å².